The summed E-state index contributed by atoms with van der Waals surface area (Å²) in [5.41, 5.74) is 0. The SMILES string of the molecule is COc1ccc(OC[C@@H]2COCCOCCOCCOCCOCCO2)cc1. The van der Waals surface area contributed by atoms with Crippen molar-refractivity contribution in [2.75, 3.05) is 86.4 Å². The van der Waals surface area contributed by atoms with Crippen LogP contribution in [0, 0.1) is 0 Å². The van der Waals surface area contributed by atoms with E-state index in [1.807, 2.05) is 24.3 Å². The second kappa shape index (κ2) is 15.5. The van der Waals surface area contributed by atoms with Crippen molar-refractivity contribution in [2.45, 2.75) is 6.10 Å². The maximum Gasteiger partial charge on any atom is 0.119 e. The molecule has 1 aliphatic rings. The Morgan fingerprint density at radius 1 is 0.679 bits per heavy atom. The lowest BCUT2D eigenvalue weighted by Gasteiger charge is -2.19. The van der Waals surface area contributed by atoms with E-state index in [2.05, 4.69) is 0 Å². The fourth-order valence-corrected chi connectivity index (χ4v) is 2.37. The zero-order valence-corrected chi connectivity index (χ0v) is 16.6. The molecule has 1 aromatic rings. The van der Waals surface area contributed by atoms with E-state index in [9.17, 15) is 0 Å². The minimum atomic E-state index is -0.204. The molecule has 1 saturated heterocycles. The highest BCUT2D eigenvalue weighted by atomic mass is 16.6. The molecule has 8 heteroatoms. The summed E-state index contributed by atoms with van der Waals surface area (Å²) in [6.45, 7) is 5.98. The predicted octanol–water partition coefficient (Wildman–Crippen LogP) is 1.56. The maximum absolute atomic E-state index is 5.85. The monoisotopic (exact) mass is 400 g/mol. The summed E-state index contributed by atoms with van der Waals surface area (Å²) in [6, 6.07) is 7.43. The van der Waals surface area contributed by atoms with E-state index >= 15 is 0 Å². The molecule has 0 aliphatic carbocycles. The van der Waals surface area contributed by atoms with Gasteiger partial charge in [0.1, 0.15) is 24.2 Å². The summed E-state index contributed by atoms with van der Waals surface area (Å²) in [6.07, 6.45) is -0.204. The van der Waals surface area contributed by atoms with Crippen LogP contribution in [0.4, 0.5) is 0 Å². The fourth-order valence-electron chi connectivity index (χ4n) is 2.37. The Labute approximate surface area is 166 Å². The molecule has 0 radical (unpaired) electrons. The van der Waals surface area contributed by atoms with Crippen LogP contribution >= 0.6 is 0 Å². The third-order valence-corrected chi connectivity index (χ3v) is 3.87. The van der Waals surface area contributed by atoms with Crippen molar-refractivity contribution in [2.24, 2.45) is 0 Å². The molecule has 0 unspecified atom stereocenters. The lowest BCUT2D eigenvalue weighted by atomic mass is 10.3. The minimum Gasteiger partial charge on any atom is -0.497 e. The molecule has 1 heterocycles. The third kappa shape index (κ3) is 10.8. The molecule has 1 atom stereocenters. The standard InChI is InChI=1S/C20H32O8/c1-21-18-2-4-19(5-3-18)28-17-20-16-26-13-12-24-9-8-22-6-7-23-10-11-25-14-15-27-20/h2-5,20H,6-17H2,1H3/t20-/m0/s1. The highest BCUT2D eigenvalue weighted by molar-refractivity contribution is 5.31. The van der Waals surface area contributed by atoms with E-state index in [4.69, 9.17) is 37.9 Å². The molecule has 28 heavy (non-hydrogen) atoms. The van der Waals surface area contributed by atoms with Crippen LogP contribution in [0.15, 0.2) is 24.3 Å². The molecule has 0 bridgehead atoms. The van der Waals surface area contributed by atoms with Gasteiger partial charge in [-0.15, -0.1) is 0 Å². The Bertz CT molecular complexity index is 464. The smallest absolute Gasteiger partial charge is 0.119 e. The van der Waals surface area contributed by atoms with Gasteiger partial charge < -0.3 is 37.9 Å². The van der Waals surface area contributed by atoms with Crippen LogP contribution in [0.2, 0.25) is 0 Å². The number of benzene rings is 1. The molecular formula is C20H32O8. The predicted molar refractivity (Wildman–Crippen MR) is 102 cm³/mol. The van der Waals surface area contributed by atoms with E-state index in [1.165, 1.54) is 0 Å². The summed E-state index contributed by atoms with van der Waals surface area (Å²) < 4.78 is 44.3. The molecule has 160 valence electrons. The Morgan fingerprint density at radius 3 is 1.68 bits per heavy atom. The van der Waals surface area contributed by atoms with Crippen LogP contribution in [0.3, 0.4) is 0 Å². The average Bonchev–Trinajstić information content (AvgIpc) is 2.73. The van der Waals surface area contributed by atoms with Crippen molar-refractivity contribution >= 4 is 0 Å². The first-order valence-electron chi connectivity index (χ1n) is 9.65. The topological polar surface area (TPSA) is 73.8 Å². The van der Waals surface area contributed by atoms with Crippen molar-refractivity contribution in [3.05, 3.63) is 24.3 Å². The van der Waals surface area contributed by atoms with Crippen LogP contribution in [0.1, 0.15) is 0 Å². The molecular weight excluding hydrogens is 368 g/mol. The highest BCUT2D eigenvalue weighted by Gasteiger charge is 2.11. The summed E-state index contributed by atoms with van der Waals surface area (Å²) in [5.74, 6) is 1.54. The van der Waals surface area contributed by atoms with Crippen LogP contribution in [0.5, 0.6) is 11.5 Å². The van der Waals surface area contributed by atoms with Crippen molar-refractivity contribution in [3.63, 3.8) is 0 Å². The molecule has 0 amide bonds. The van der Waals surface area contributed by atoms with Crippen molar-refractivity contribution in [1.29, 1.82) is 0 Å². The van der Waals surface area contributed by atoms with Crippen LogP contribution in [0.25, 0.3) is 0 Å². The second-order valence-electron chi connectivity index (χ2n) is 6.00. The third-order valence-electron chi connectivity index (χ3n) is 3.87. The van der Waals surface area contributed by atoms with Crippen molar-refractivity contribution < 1.29 is 37.9 Å². The van der Waals surface area contributed by atoms with Gasteiger partial charge in [0.25, 0.3) is 0 Å². The molecule has 1 fully saturated rings. The van der Waals surface area contributed by atoms with Gasteiger partial charge >= 0.3 is 0 Å². The van der Waals surface area contributed by atoms with E-state index < -0.39 is 0 Å². The number of ether oxygens (including phenoxy) is 8. The number of rotatable bonds is 4. The number of methoxy groups -OCH3 is 1. The van der Waals surface area contributed by atoms with Gasteiger partial charge in [-0.1, -0.05) is 0 Å². The molecule has 0 N–H and O–H groups in total. The van der Waals surface area contributed by atoms with E-state index in [0.717, 1.165) is 11.5 Å². The van der Waals surface area contributed by atoms with Gasteiger partial charge in [0, 0.05) is 0 Å². The minimum absolute atomic E-state index is 0.204. The maximum atomic E-state index is 5.85. The van der Waals surface area contributed by atoms with Gasteiger partial charge in [-0.05, 0) is 24.3 Å². The van der Waals surface area contributed by atoms with Gasteiger partial charge in [-0.3, -0.25) is 0 Å². The average molecular weight is 400 g/mol. The molecule has 8 nitrogen and oxygen atoms in total. The van der Waals surface area contributed by atoms with E-state index in [-0.39, 0.29) is 6.10 Å². The Balaban J connectivity index is 1.73. The molecule has 1 aromatic carbocycles. The number of hydrogen-bond donors (Lipinski definition) is 0. The van der Waals surface area contributed by atoms with Crippen LogP contribution in [-0.2, 0) is 28.4 Å². The summed E-state index contributed by atoms with van der Waals surface area (Å²) in [5, 5.41) is 0. The quantitative estimate of drug-likeness (QED) is 0.754. The van der Waals surface area contributed by atoms with Gasteiger partial charge in [-0.2, -0.15) is 0 Å². The second-order valence-corrected chi connectivity index (χ2v) is 6.00. The van der Waals surface area contributed by atoms with Crippen LogP contribution < -0.4 is 9.47 Å². The molecule has 0 aromatic heterocycles. The van der Waals surface area contributed by atoms with Gasteiger partial charge in [0.05, 0.1) is 79.8 Å². The Hall–Kier alpha value is -1.42. The first-order valence-corrected chi connectivity index (χ1v) is 9.65. The first kappa shape index (κ1) is 22.9. The summed E-state index contributed by atoms with van der Waals surface area (Å²) in [7, 11) is 1.63. The van der Waals surface area contributed by atoms with Crippen molar-refractivity contribution in [3.8, 4) is 11.5 Å². The van der Waals surface area contributed by atoms with Gasteiger partial charge in [0.2, 0.25) is 0 Å². The lowest BCUT2D eigenvalue weighted by Crippen LogP contribution is -2.29. The summed E-state index contributed by atoms with van der Waals surface area (Å²) in [4.78, 5) is 0. The Morgan fingerprint density at radius 2 is 1.14 bits per heavy atom. The van der Waals surface area contributed by atoms with Crippen molar-refractivity contribution in [1.82, 2.24) is 0 Å². The normalized spacial score (nSPS) is 22.0. The zero-order chi connectivity index (χ0) is 19.7. The lowest BCUT2D eigenvalue weighted by molar-refractivity contribution is -0.0711. The highest BCUT2D eigenvalue weighted by Crippen LogP contribution is 2.17. The fraction of sp³-hybridized carbons (Fsp3) is 0.700. The van der Waals surface area contributed by atoms with Gasteiger partial charge in [0.15, 0.2) is 0 Å². The van der Waals surface area contributed by atoms with Gasteiger partial charge in [-0.25, -0.2) is 0 Å². The zero-order valence-electron chi connectivity index (χ0n) is 16.6. The van der Waals surface area contributed by atoms with E-state index in [1.54, 1.807) is 7.11 Å². The number of hydrogen-bond acceptors (Lipinski definition) is 8. The van der Waals surface area contributed by atoms with Crippen LogP contribution in [-0.4, -0.2) is 92.5 Å². The first-order chi connectivity index (χ1) is 13.9. The molecule has 1 aliphatic heterocycles. The molecule has 2 rings (SSSR count). The Kier molecular flexibility index (Phi) is 12.7. The summed E-state index contributed by atoms with van der Waals surface area (Å²) >= 11 is 0. The molecule has 0 saturated carbocycles. The van der Waals surface area contributed by atoms with E-state index in [0.29, 0.717) is 79.3 Å². The molecule has 0 spiro atoms. The largest absolute Gasteiger partial charge is 0.497 e.